The van der Waals surface area contributed by atoms with E-state index in [0.29, 0.717) is 18.1 Å². The molecule has 0 saturated heterocycles. The molecule has 1 unspecified atom stereocenters. The monoisotopic (exact) mass is 309 g/mol. The Labute approximate surface area is 122 Å². The number of aryl methyl sites for hydroxylation is 1. The van der Waals surface area contributed by atoms with Crippen LogP contribution in [0.25, 0.3) is 0 Å². The Morgan fingerprint density at radius 3 is 2.50 bits per heavy atom. The number of nitrogens with one attached hydrogen (secondary N) is 1. The van der Waals surface area contributed by atoms with E-state index in [4.69, 9.17) is 0 Å². The van der Waals surface area contributed by atoms with Crippen molar-refractivity contribution in [3.8, 4) is 0 Å². The summed E-state index contributed by atoms with van der Waals surface area (Å²) in [5.74, 6) is 0. The van der Waals surface area contributed by atoms with Crippen LogP contribution in [0, 0.1) is 6.92 Å². The maximum Gasteiger partial charge on any atom is 0.406 e. The van der Waals surface area contributed by atoms with Gasteiger partial charge in [-0.25, -0.2) is 4.98 Å². The summed E-state index contributed by atoms with van der Waals surface area (Å²) in [4.78, 5) is 6.65. The number of anilines is 1. The number of nitrogens with zero attached hydrogens (tertiary/aromatic N) is 2. The number of alkyl halides is 3. The molecule has 0 aromatic carbocycles. The Bertz CT molecular complexity index is 417. The minimum Gasteiger partial charge on any atom is -0.339 e. The van der Waals surface area contributed by atoms with Gasteiger partial charge in [-0.2, -0.15) is 13.2 Å². The summed E-state index contributed by atoms with van der Waals surface area (Å²) in [5.41, 5.74) is 0.807. The van der Waals surface area contributed by atoms with E-state index >= 15 is 0 Å². The second-order valence-corrected chi connectivity index (χ2v) is 5.77. The smallest absolute Gasteiger partial charge is 0.339 e. The number of hydrogen-bond donors (Lipinski definition) is 1. The minimum atomic E-state index is -4.21. The fourth-order valence-electron chi connectivity index (χ4n) is 2.06. The van der Waals surface area contributed by atoms with Gasteiger partial charge in [-0.05, 0) is 26.8 Å². The SMILES string of the molecule is CCCN(CC(F)(F)F)c1nc(C)c(C(C)NCC)s1. The molecule has 0 amide bonds. The van der Waals surface area contributed by atoms with Crippen molar-refractivity contribution in [1.82, 2.24) is 10.3 Å². The maximum absolute atomic E-state index is 12.6. The molecule has 0 bridgehead atoms. The molecule has 0 spiro atoms. The van der Waals surface area contributed by atoms with Crippen LogP contribution in [-0.4, -0.2) is 30.8 Å². The van der Waals surface area contributed by atoms with Gasteiger partial charge in [0.25, 0.3) is 0 Å². The average molecular weight is 309 g/mol. The van der Waals surface area contributed by atoms with Crippen LogP contribution in [-0.2, 0) is 0 Å². The zero-order valence-electron chi connectivity index (χ0n) is 12.3. The molecule has 0 aliphatic heterocycles. The first-order chi connectivity index (χ1) is 9.28. The van der Waals surface area contributed by atoms with E-state index in [9.17, 15) is 13.2 Å². The summed E-state index contributed by atoms with van der Waals surface area (Å²) >= 11 is 1.35. The van der Waals surface area contributed by atoms with Crippen molar-refractivity contribution in [3.05, 3.63) is 10.6 Å². The van der Waals surface area contributed by atoms with Crippen LogP contribution < -0.4 is 10.2 Å². The van der Waals surface area contributed by atoms with Gasteiger partial charge in [0.2, 0.25) is 0 Å². The minimum absolute atomic E-state index is 0.112. The van der Waals surface area contributed by atoms with Gasteiger partial charge in [-0.1, -0.05) is 13.8 Å². The van der Waals surface area contributed by atoms with E-state index in [-0.39, 0.29) is 6.04 Å². The van der Waals surface area contributed by atoms with Crippen molar-refractivity contribution in [2.75, 3.05) is 24.5 Å². The van der Waals surface area contributed by atoms with Crippen LogP contribution in [0.4, 0.5) is 18.3 Å². The molecule has 1 heterocycles. The Kier molecular flexibility index (Phi) is 6.26. The summed E-state index contributed by atoms with van der Waals surface area (Å²) in [6.45, 7) is 7.95. The molecule has 0 aliphatic carbocycles. The third kappa shape index (κ3) is 4.94. The second-order valence-electron chi connectivity index (χ2n) is 4.76. The molecule has 1 atom stereocenters. The molecule has 1 aromatic heterocycles. The van der Waals surface area contributed by atoms with Gasteiger partial charge in [0.05, 0.1) is 5.69 Å². The lowest BCUT2D eigenvalue weighted by Gasteiger charge is -2.22. The van der Waals surface area contributed by atoms with E-state index in [2.05, 4.69) is 10.3 Å². The van der Waals surface area contributed by atoms with Gasteiger partial charge in [0, 0.05) is 17.5 Å². The summed E-state index contributed by atoms with van der Waals surface area (Å²) in [5, 5.41) is 3.72. The molecule has 20 heavy (non-hydrogen) atoms. The van der Waals surface area contributed by atoms with Gasteiger partial charge >= 0.3 is 6.18 Å². The molecule has 0 aliphatic rings. The Morgan fingerprint density at radius 2 is 2.00 bits per heavy atom. The third-order valence-electron chi connectivity index (χ3n) is 2.86. The summed E-state index contributed by atoms with van der Waals surface area (Å²) in [7, 11) is 0. The van der Waals surface area contributed by atoms with E-state index in [1.807, 2.05) is 27.7 Å². The van der Waals surface area contributed by atoms with Gasteiger partial charge in [-0.3, -0.25) is 0 Å². The number of hydrogen-bond acceptors (Lipinski definition) is 4. The van der Waals surface area contributed by atoms with Crippen molar-refractivity contribution in [2.45, 2.75) is 46.3 Å². The van der Waals surface area contributed by atoms with E-state index in [0.717, 1.165) is 17.1 Å². The van der Waals surface area contributed by atoms with Crippen LogP contribution in [0.5, 0.6) is 0 Å². The van der Waals surface area contributed by atoms with Crippen LogP contribution in [0.3, 0.4) is 0 Å². The van der Waals surface area contributed by atoms with Crippen molar-refractivity contribution >= 4 is 16.5 Å². The van der Waals surface area contributed by atoms with E-state index < -0.39 is 12.7 Å². The Morgan fingerprint density at radius 1 is 1.35 bits per heavy atom. The molecule has 7 heteroatoms. The lowest BCUT2D eigenvalue weighted by atomic mass is 10.2. The summed E-state index contributed by atoms with van der Waals surface area (Å²) < 4.78 is 37.9. The van der Waals surface area contributed by atoms with Gasteiger partial charge in [0.1, 0.15) is 6.54 Å². The lowest BCUT2D eigenvalue weighted by Crippen LogP contribution is -2.34. The van der Waals surface area contributed by atoms with Crippen molar-refractivity contribution in [2.24, 2.45) is 0 Å². The number of rotatable bonds is 7. The molecule has 1 N–H and O–H groups in total. The van der Waals surface area contributed by atoms with Gasteiger partial charge in [-0.15, -0.1) is 11.3 Å². The van der Waals surface area contributed by atoms with Crippen LogP contribution in [0.2, 0.25) is 0 Å². The molecule has 3 nitrogen and oxygen atoms in total. The fraction of sp³-hybridized carbons (Fsp3) is 0.769. The second kappa shape index (κ2) is 7.26. The van der Waals surface area contributed by atoms with Crippen molar-refractivity contribution < 1.29 is 13.2 Å². The maximum atomic E-state index is 12.6. The number of halogens is 3. The topological polar surface area (TPSA) is 28.2 Å². The zero-order chi connectivity index (χ0) is 15.3. The fourth-order valence-corrected chi connectivity index (χ4v) is 3.18. The highest BCUT2D eigenvalue weighted by molar-refractivity contribution is 7.15. The van der Waals surface area contributed by atoms with Gasteiger partial charge < -0.3 is 10.2 Å². The Balaban J connectivity index is 2.94. The van der Waals surface area contributed by atoms with Gasteiger partial charge in [0.15, 0.2) is 5.13 Å². The summed E-state index contributed by atoms with van der Waals surface area (Å²) in [6, 6.07) is 0.112. The molecule has 116 valence electrons. The highest BCUT2D eigenvalue weighted by Crippen LogP contribution is 2.32. The van der Waals surface area contributed by atoms with E-state index in [1.54, 1.807) is 0 Å². The Hall–Kier alpha value is -0.820. The average Bonchev–Trinajstić information content (AvgIpc) is 2.69. The molecule has 0 fully saturated rings. The third-order valence-corrected chi connectivity index (χ3v) is 4.26. The molecular weight excluding hydrogens is 287 g/mol. The van der Waals surface area contributed by atoms with Crippen LogP contribution in [0.1, 0.15) is 43.8 Å². The predicted octanol–water partition coefficient (Wildman–Crippen LogP) is 3.90. The number of aromatic nitrogens is 1. The first kappa shape index (κ1) is 17.2. The quantitative estimate of drug-likeness (QED) is 0.828. The lowest BCUT2D eigenvalue weighted by molar-refractivity contribution is -0.119. The first-order valence-corrected chi connectivity index (χ1v) is 7.62. The van der Waals surface area contributed by atoms with Crippen molar-refractivity contribution in [1.29, 1.82) is 0 Å². The standard InChI is InChI=1S/C13H22F3N3S/c1-5-7-19(8-13(14,15)16)12-18-10(4)11(20-12)9(3)17-6-2/h9,17H,5-8H2,1-4H3. The first-order valence-electron chi connectivity index (χ1n) is 6.80. The highest BCUT2D eigenvalue weighted by Gasteiger charge is 2.32. The summed E-state index contributed by atoms with van der Waals surface area (Å²) in [6.07, 6.45) is -3.55. The van der Waals surface area contributed by atoms with E-state index in [1.165, 1.54) is 16.2 Å². The normalized spacial score (nSPS) is 13.6. The molecule has 1 aromatic rings. The predicted molar refractivity (Wildman–Crippen MR) is 77.5 cm³/mol. The number of thiazole rings is 1. The van der Waals surface area contributed by atoms with Crippen LogP contribution in [0.15, 0.2) is 0 Å². The molecular formula is C13H22F3N3S. The molecule has 0 radical (unpaired) electrons. The zero-order valence-corrected chi connectivity index (χ0v) is 13.2. The van der Waals surface area contributed by atoms with Crippen LogP contribution >= 0.6 is 11.3 Å². The van der Waals surface area contributed by atoms with Crippen molar-refractivity contribution in [3.63, 3.8) is 0 Å². The molecule has 1 rings (SSSR count). The largest absolute Gasteiger partial charge is 0.406 e. The highest BCUT2D eigenvalue weighted by atomic mass is 32.1. The molecule has 0 saturated carbocycles.